The smallest absolute Gasteiger partial charge is 0.307 e. The predicted octanol–water partition coefficient (Wildman–Crippen LogP) is 2.58. The third-order valence-electron chi connectivity index (χ3n) is 1.96. The van der Waals surface area contributed by atoms with Crippen molar-refractivity contribution in [2.45, 2.75) is 20.3 Å². The average molecular weight is 199 g/mol. The Morgan fingerprint density at radius 3 is 2.54 bits per heavy atom. The zero-order valence-electron chi connectivity index (χ0n) is 7.60. The van der Waals surface area contributed by atoms with Crippen LogP contribution in [0.4, 0.5) is 0 Å². The Morgan fingerprint density at radius 1 is 1.38 bits per heavy atom. The molecule has 0 fully saturated rings. The second-order valence-corrected chi connectivity index (χ2v) is 3.51. The minimum Gasteiger partial charge on any atom is -0.481 e. The number of hydrogen-bond acceptors (Lipinski definition) is 1. The maximum atomic E-state index is 10.5. The van der Waals surface area contributed by atoms with Crippen LogP contribution in [0, 0.1) is 13.8 Å². The summed E-state index contributed by atoms with van der Waals surface area (Å²) in [5.41, 5.74) is 2.74. The molecule has 0 amide bonds. The number of carboxylic acid groups (broad SMARTS) is 1. The van der Waals surface area contributed by atoms with Crippen molar-refractivity contribution in [2.24, 2.45) is 0 Å². The van der Waals surface area contributed by atoms with Crippen molar-refractivity contribution >= 4 is 17.6 Å². The third kappa shape index (κ3) is 2.46. The van der Waals surface area contributed by atoms with Crippen LogP contribution in [0.25, 0.3) is 0 Å². The molecule has 0 bridgehead atoms. The van der Waals surface area contributed by atoms with Gasteiger partial charge < -0.3 is 5.11 Å². The van der Waals surface area contributed by atoms with Crippen molar-refractivity contribution in [1.82, 2.24) is 0 Å². The second kappa shape index (κ2) is 3.79. The molecule has 3 heteroatoms. The summed E-state index contributed by atoms with van der Waals surface area (Å²) in [6, 6.07) is 3.63. The Bertz CT molecular complexity index is 345. The van der Waals surface area contributed by atoms with Crippen LogP contribution in [-0.4, -0.2) is 11.1 Å². The van der Waals surface area contributed by atoms with Crippen LogP contribution in [0.2, 0.25) is 5.02 Å². The number of halogens is 1. The van der Waals surface area contributed by atoms with Crippen molar-refractivity contribution in [3.63, 3.8) is 0 Å². The summed E-state index contributed by atoms with van der Waals surface area (Å²) >= 11 is 5.88. The molecule has 0 aliphatic carbocycles. The van der Waals surface area contributed by atoms with Crippen LogP contribution in [0.3, 0.4) is 0 Å². The molecule has 1 aromatic rings. The van der Waals surface area contributed by atoms with Crippen LogP contribution in [0.5, 0.6) is 0 Å². The van der Waals surface area contributed by atoms with E-state index in [4.69, 9.17) is 16.7 Å². The number of rotatable bonds is 2. The number of aryl methyl sites for hydroxylation is 2. The van der Waals surface area contributed by atoms with Crippen molar-refractivity contribution in [3.05, 3.63) is 33.8 Å². The lowest BCUT2D eigenvalue weighted by molar-refractivity contribution is -0.136. The first-order chi connectivity index (χ1) is 6.00. The summed E-state index contributed by atoms with van der Waals surface area (Å²) in [4.78, 5) is 10.5. The molecule has 0 saturated carbocycles. The minimum atomic E-state index is -0.831. The fourth-order valence-electron chi connectivity index (χ4n) is 1.22. The first kappa shape index (κ1) is 10.1. The van der Waals surface area contributed by atoms with E-state index in [1.165, 1.54) is 0 Å². The first-order valence-corrected chi connectivity index (χ1v) is 4.36. The van der Waals surface area contributed by atoms with E-state index in [1.54, 1.807) is 6.07 Å². The number of benzene rings is 1. The maximum Gasteiger partial charge on any atom is 0.307 e. The lowest BCUT2D eigenvalue weighted by atomic mass is 10.0. The van der Waals surface area contributed by atoms with E-state index >= 15 is 0 Å². The van der Waals surface area contributed by atoms with E-state index in [-0.39, 0.29) is 6.42 Å². The highest BCUT2D eigenvalue weighted by atomic mass is 35.5. The van der Waals surface area contributed by atoms with Crippen molar-refractivity contribution in [3.8, 4) is 0 Å². The summed E-state index contributed by atoms with van der Waals surface area (Å²) < 4.78 is 0. The lowest BCUT2D eigenvalue weighted by Crippen LogP contribution is -2.02. The number of carbonyl (C=O) groups is 1. The molecule has 70 valence electrons. The minimum absolute atomic E-state index is 0.0336. The molecule has 0 saturated heterocycles. The highest BCUT2D eigenvalue weighted by molar-refractivity contribution is 6.31. The van der Waals surface area contributed by atoms with Gasteiger partial charge in [-0.15, -0.1) is 0 Å². The lowest BCUT2D eigenvalue weighted by Gasteiger charge is -2.05. The van der Waals surface area contributed by atoms with E-state index in [9.17, 15) is 4.79 Å². The summed E-state index contributed by atoms with van der Waals surface area (Å²) in [5.74, 6) is -0.831. The van der Waals surface area contributed by atoms with Gasteiger partial charge in [-0.05, 0) is 36.6 Å². The molecule has 0 spiro atoms. The largest absolute Gasteiger partial charge is 0.481 e. The van der Waals surface area contributed by atoms with Gasteiger partial charge >= 0.3 is 5.97 Å². The highest BCUT2D eigenvalue weighted by Crippen LogP contribution is 2.20. The number of aliphatic carboxylic acids is 1. The fraction of sp³-hybridized carbons (Fsp3) is 0.300. The highest BCUT2D eigenvalue weighted by Gasteiger charge is 2.06. The number of hydrogen-bond donors (Lipinski definition) is 1. The zero-order valence-corrected chi connectivity index (χ0v) is 8.35. The van der Waals surface area contributed by atoms with Gasteiger partial charge in [0.05, 0.1) is 6.42 Å². The summed E-state index contributed by atoms with van der Waals surface area (Å²) in [7, 11) is 0. The van der Waals surface area contributed by atoms with Gasteiger partial charge in [0.25, 0.3) is 0 Å². The molecule has 0 unspecified atom stereocenters. The Morgan fingerprint density at radius 2 is 2.00 bits per heavy atom. The van der Waals surface area contributed by atoms with E-state index in [0.717, 1.165) is 16.7 Å². The van der Waals surface area contributed by atoms with Gasteiger partial charge in [-0.1, -0.05) is 17.7 Å². The molecule has 0 aliphatic heterocycles. The zero-order chi connectivity index (χ0) is 10.0. The second-order valence-electron chi connectivity index (χ2n) is 3.10. The molecular weight excluding hydrogens is 188 g/mol. The molecule has 0 heterocycles. The topological polar surface area (TPSA) is 37.3 Å². The Kier molecular flexibility index (Phi) is 2.94. The molecule has 2 nitrogen and oxygen atoms in total. The summed E-state index contributed by atoms with van der Waals surface area (Å²) in [6.07, 6.45) is 0.0336. The SMILES string of the molecule is Cc1cc(C)c(CC(=O)O)cc1Cl. The van der Waals surface area contributed by atoms with Crippen LogP contribution in [0.15, 0.2) is 12.1 Å². The summed E-state index contributed by atoms with van der Waals surface area (Å²) in [6.45, 7) is 3.79. The van der Waals surface area contributed by atoms with Gasteiger partial charge in [-0.3, -0.25) is 4.79 Å². The van der Waals surface area contributed by atoms with Crippen molar-refractivity contribution in [2.75, 3.05) is 0 Å². The Labute approximate surface area is 82.2 Å². The fourth-order valence-corrected chi connectivity index (χ4v) is 1.41. The van der Waals surface area contributed by atoms with Crippen LogP contribution >= 0.6 is 11.6 Å². The van der Waals surface area contributed by atoms with E-state index in [1.807, 2.05) is 19.9 Å². The first-order valence-electron chi connectivity index (χ1n) is 3.98. The van der Waals surface area contributed by atoms with Crippen molar-refractivity contribution in [1.29, 1.82) is 0 Å². The van der Waals surface area contributed by atoms with Gasteiger partial charge in [0.2, 0.25) is 0 Å². The monoisotopic (exact) mass is 198 g/mol. The van der Waals surface area contributed by atoms with E-state index in [2.05, 4.69) is 0 Å². The quantitative estimate of drug-likeness (QED) is 0.793. The molecule has 1 rings (SSSR count). The molecule has 0 aliphatic rings. The maximum absolute atomic E-state index is 10.5. The predicted molar refractivity (Wildman–Crippen MR) is 52.3 cm³/mol. The van der Waals surface area contributed by atoms with Crippen molar-refractivity contribution < 1.29 is 9.90 Å². The molecule has 1 aromatic carbocycles. The van der Waals surface area contributed by atoms with Gasteiger partial charge in [0, 0.05) is 5.02 Å². The van der Waals surface area contributed by atoms with Gasteiger partial charge in [0.1, 0.15) is 0 Å². The van der Waals surface area contributed by atoms with Gasteiger partial charge in [0.15, 0.2) is 0 Å². The molecule has 13 heavy (non-hydrogen) atoms. The standard InChI is InChI=1S/C10H11ClO2/c1-6-3-7(2)9(11)4-8(6)5-10(12)13/h3-4H,5H2,1-2H3,(H,12,13). The Balaban J connectivity index is 3.08. The molecular formula is C10H11ClO2. The average Bonchev–Trinajstić information content (AvgIpc) is 1.99. The third-order valence-corrected chi connectivity index (χ3v) is 2.37. The molecule has 0 atom stereocenters. The van der Waals surface area contributed by atoms with Crippen LogP contribution < -0.4 is 0 Å². The van der Waals surface area contributed by atoms with Gasteiger partial charge in [-0.25, -0.2) is 0 Å². The van der Waals surface area contributed by atoms with Gasteiger partial charge in [-0.2, -0.15) is 0 Å². The van der Waals surface area contributed by atoms with E-state index < -0.39 is 5.97 Å². The normalized spacial score (nSPS) is 10.1. The molecule has 1 N–H and O–H groups in total. The molecule has 0 radical (unpaired) electrons. The van der Waals surface area contributed by atoms with Crippen LogP contribution in [0.1, 0.15) is 16.7 Å². The Hall–Kier alpha value is -1.02. The number of carboxylic acids is 1. The molecule has 0 aromatic heterocycles. The van der Waals surface area contributed by atoms with Crippen LogP contribution in [-0.2, 0) is 11.2 Å². The van der Waals surface area contributed by atoms with E-state index in [0.29, 0.717) is 5.02 Å². The summed E-state index contributed by atoms with van der Waals surface area (Å²) in [5, 5.41) is 9.24.